The van der Waals surface area contributed by atoms with Crippen LogP contribution in [0, 0.1) is 21.8 Å². The van der Waals surface area contributed by atoms with Gasteiger partial charge in [-0.1, -0.05) is 11.6 Å². The molecule has 74 valence electrons. The summed E-state index contributed by atoms with van der Waals surface area (Å²) in [5.74, 6) is 0. The van der Waals surface area contributed by atoms with Gasteiger partial charge in [0.25, 0.3) is 0 Å². The van der Waals surface area contributed by atoms with Gasteiger partial charge >= 0.3 is 0 Å². The van der Waals surface area contributed by atoms with Crippen molar-refractivity contribution in [1.82, 2.24) is 9.97 Å². The first-order valence-electron chi connectivity index (χ1n) is 4.15. The van der Waals surface area contributed by atoms with E-state index in [9.17, 15) is 0 Å². The number of aromatic nitrogens is 2. The third-order valence-corrected chi connectivity index (χ3v) is 3.54. The van der Waals surface area contributed by atoms with Crippen molar-refractivity contribution < 1.29 is 0 Å². The molecule has 0 spiro atoms. The highest BCUT2D eigenvalue weighted by atomic mass is 127. The van der Waals surface area contributed by atoms with E-state index >= 15 is 0 Å². The van der Waals surface area contributed by atoms with Gasteiger partial charge in [-0.15, -0.1) is 0 Å². The average molecular weight is 330 g/mol. The van der Waals surface area contributed by atoms with E-state index in [1.165, 1.54) is 6.20 Å². The predicted octanol–water partition coefficient (Wildman–Crippen LogP) is 3.07. The molecule has 0 amide bonds. The second kappa shape index (κ2) is 3.91. The number of halogens is 2. The van der Waals surface area contributed by atoms with Crippen LogP contribution in [0.5, 0.6) is 0 Å². The van der Waals surface area contributed by atoms with Gasteiger partial charge in [0.05, 0.1) is 16.3 Å². The number of pyridine rings is 2. The zero-order chi connectivity index (χ0) is 11.0. The predicted molar refractivity (Wildman–Crippen MR) is 66.7 cm³/mol. The van der Waals surface area contributed by atoms with Crippen molar-refractivity contribution in [2.24, 2.45) is 0 Å². The van der Waals surface area contributed by atoms with Gasteiger partial charge in [-0.2, -0.15) is 5.26 Å². The lowest BCUT2D eigenvalue weighted by molar-refractivity contribution is 1.18. The first-order valence-corrected chi connectivity index (χ1v) is 5.60. The molecule has 0 aliphatic carbocycles. The fourth-order valence-corrected chi connectivity index (χ4v) is 1.90. The Labute approximate surface area is 105 Å². The second-order valence-corrected chi connectivity index (χ2v) is 4.56. The van der Waals surface area contributed by atoms with Crippen LogP contribution in [0.15, 0.2) is 12.3 Å². The van der Waals surface area contributed by atoms with E-state index in [1.807, 2.05) is 19.1 Å². The molecule has 0 atom stereocenters. The zero-order valence-electron chi connectivity index (χ0n) is 7.75. The largest absolute Gasteiger partial charge is 0.235 e. The van der Waals surface area contributed by atoms with Gasteiger partial charge in [0.1, 0.15) is 6.07 Å². The summed E-state index contributed by atoms with van der Waals surface area (Å²) in [5.41, 5.74) is 1.87. The van der Waals surface area contributed by atoms with Crippen LogP contribution in [0.3, 0.4) is 0 Å². The van der Waals surface area contributed by atoms with Crippen molar-refractivity contribution in [1.29, 1.82) is 5.26 Å². The van der Waals surface area contributed by atoms with E-state index in [2.05, 4.69) is 32.6 Å². The molecule has 2 rings (SSSR count). The van der Waals surface area contributed by atoms with Crippen LogP contribution in [-0.4, -0.2) is 9.97 Å². The first-order chi connectivity index (χ1) is 7.13. The van der Waals surface area contributed by atoms with Crippen molar-refractivity contribution in [3.8, 4) is 6.07 Å². The summed E-state index contributed by atoms with van der Waals surface area (Å²) in [6.07, 6.45) is 1.45. The lowest BCUT2D eigenvalue weighted by Crippen LogP contribution is -1.93. The molecule has 0 aromatic carbocycles. The highest BCUT2D eigenvalue weighted by Gasteiger charge is 2.09. The number of aryl methyl sites for hydroxylation is 1. The van der Waals surface area contributed by atoms with Crippen LogP contribution < -0.4 is 0 Å². The smallest absolute Gasteiger partial charge is 0.161 e. The summed E-state index contributed by atoms with van der Waals surface area (Å²) in [5, 5.41) is 9.96. The van der Waals surface area contributed by atoms with E-state index in [0.717, 1.165) is 14.7 Å². The van der Waals surface area contributed by atoms with Gasteiger partial charge in [-0.3, -0.25) is 0 Å². The molecule has 0 unspecified atom stereocenters. The molecule has 0 fully saturated rings. The van der Waals surface area contributed by atoms with Crippen LogP contribution in [0.4, 0.5) is 0 Å². The number of hydrogen-bond acceptors (Lipinski definition) is 3. The summed E-state index contributed by atoms with van der Waals surface area (Å²) >= 11 is 8.24. The molecule has 0 N–H and O–H groups in total. The Morgan fingerprint density at radius 3 is 2.93 bits per heavy atom. The van der Waals surface area contributed by atoms with Crippen molar-refractivity contribution in [2.75, 3.05) is 0 Å². The van der Waals surface area contributed by atoms with Crippen molar-refractivity contribution >= 4 is 45.2 Å². The summed E-state index contributed by atoms with van der Waals surface area (Å²) in [7, 11) is 0. The number of nitrogens with zero attached hydrogens (tertiary/aromatic N) is 3. The van der Waals surface area contributed by atoms with Crippen LogP contribution in [-0.2, 0) is 0 Å². The second-order valence-electron chi connectivity index (χ2n) is 3.02. The van der Waals surface area contributed by atoms with E-state index in [1.54, 1.807) is 0 Å². The van der Waals surface area contributed by atoms with Crippen LogP contribution >= 0.6 is 34.2 Å². The molecule has 0 bridgehead atoms. The fourth-order valence-electron chi connectivity index (χ4n) is 1.23. The summed E-state index contributed by atoms with van der Waals surface area (Å²) in [4.78, 5) is 8.39. The van der Waals surface area contributed by atoms with Crippen molar-refractivity contribution in [3.63, 3.8) is 0 Å². The normalized spacial score (nSPS) is 10.3. The van der Waals surface area contributed by atoms with Crippen molar-refractivity contribution in [3.05, 3.63) is 32.1 Å². The van der Waals surface area contributed by atoms with Crippen LogP contribution in [0.25, 0.3) is 11.0 Å². The molecule has 2 heterocycles. The Kier molecular flexibility index (Phi) is 2.76. The van der Waals surface area contributed by atoms with Gasteiger partial charge in [0, 0.05) is 15.2 Å². The number of nitriles is 1. The SMILES string of the molecule is Cc1nc2ncc(C#N)c(Cl)c2cc1I. The topological polar surface area (TPSA) is 49.6 Å². The Balaban J connectivity index is 2.89. The highest BCUT2D eigenvalue weighted by molar-refractivity contribution is 14.1. The third-order valence-electron chi connectivity index (χ3n) is 2.04. The molecule has 0 radical (unpaired) electrons. The Hall–Kier alpha value is -0.930. The third kappa shape index (κ3) is 1.77. The molecule has 5 heteroatoms. The average Bonchev–Trinajstić information content (AvgIpc) is 2.22. The van der Waals surface area contributed by atoms with E-state index in [-0.39, 0.29) is 0 Å². The number of fused-ring (bicyclic) bond motifs is 1. The van der Waals surface area contributed by atoms with E-state index in [0.29, 0.717) is 16.2 Å². The van der Waals surface area contributed by atoms with Gasteiger partial charge in [0.15, 0.2) is 5.65 Å². The van der Waals surface area contributed by atoms with E-state index in [4.69, 9.17) is 16.9 Å². The lowest BCUT2D eigenvalue weighted by Gasteiger charge is -2.03. The van der Waals surface area contributed by atoms with Gasteiger partial charge in [0.2, 0.25) is 0 Å². The minimum Gasteiger partial charge on any atom is -0.235 e. The maximum atomic E-state index is 8.81. The quantitative estimate of drug-likeness (QED) is 0.698. The Morgan fingerprint density at radius 1 is 1.53 bits per heavy atom. The fraction of sp³-hybridized carbons (Fsp3) is 0.100. The summed E-state index contributed by atoms with van der Waals surface area (Å²) in [6.45, 7) is 1.91. The minimum atomic E-state index is 0.380. The highest BCUT2D eigenvalue weighted by Crippen LogP contribution is 2.26. The zero-order valence-corrected chi connectivity index (χ0v) is 10.7. The monoisotopic (exact) mass is 329 g/mol. The first kappa shape index (κ1) is 10.6. The lowest BCUT2D eigenvalue weighted by atomic mass is 10.2. The van der Waals surface area contributed by atoms with Gasteiger partial charge in [-0.25, -0.2) is 9.97 Å². The Morgan fingerprint density at radius 2 is 2.27 bits per heavy atom. The molecular weight excluding hydrogens is 324 g/mol. The molecule has 2 aromatic rings. The number of hydrogen-bond donors (Lipinski definition) is 0. The summed E-state index contributed by atoms with van der Waals surface area (Å²) in [6, 6.07) is 3.89. The van der Waals surface area contributed by atoms with Crippen molar-refractivity contribution in [2.45, 2.75) is 6.92 Å². The minimum absolute atomic E-state index is 0.380. The van der Waals surface area contributed by atoms with Crippen LogP contribution in [0.2, 0.25) is 5.02 Å². The summed E-state index contributed by atoms with van der Waals surface area (Å²) < 4.78 is 1.01. The number of rotatable bonds is 0. The van der Waals surface area contributed by atoms with E-state index < -0.39 is 0 Å². The molecule has 15 heavy (non-hydrogen) atoms. The van der Waals surface area contributed by atoms with Gasteiger partial charge in [-0.05, 0) is 35.6 Å². The molecule has 0 aliphatic rings. The maximum Gasteiger partial charge on any atom is 0.161 e. The standard InChI is InChI=1S/C10H5ClIN3/c1-5-8(12)2-7-9(11)6(3-13)4-14-10(7)15-5/h2,4H,1H3. The molecule has 2 aromatic heterocycles. The molecular formula is C10H5ClIN3. The maximum absolute atomic E-state index is 8.81. The van der Waals surface area contributed by atoms with Gasteiger partial charge < -0.3 is 0 Å². The Bertz CT molecular complexity index is 589. The van der Waals surface area contributed by atoms with Crippen LogP contribution in [0.1, 0.15) is 11.3 Å². The molecule has 3 nitrogen and oxygen atoms in total. The molecule has 0 aliphatic heterocycles. The molecule has 0 saturated heterocycles. The molecule has 0 saturated carbocycles.